The predicted molar refractivity (Wildman–Crippen MR) is 57.5 cm³/mol. The second-order valence-corrected chi connectivity index (χ2v) is 3.65. The Morgan fingerprint density at radius 1 is 0.882 bits per heavy atom. The number of nitrogens with zero attached hydrogens (tertiary/aromatic N) is 2. The van der Waals surface area contributed by atoms with Crippen LogP contribution in [0.25, 0.3) is 11.1 Å². The summed E-state index contributed by atoms with van der Waals surface area (Å²) in [5.74, 6) is 0. The summed E-state index contributed by atoms with van der Waals surface area (Å²) in [6.07, 6.45) is -1.41. The van der Waals surface area contributed by atoms with Gasteiger partial charge in [-0.05, 0) is 29.3 Å². The van der Waals surface area contributed by atoms with Gasteiger partial charge in [-0.2, -0.15) is 13.2 Å². The van der Waals surface area contributed by atoms with Crippen molar-refractivity contribution < 1.29 is 13.2 Å². The molecule has 2 aromatic rings. The van der Waals surface area contributed by atoms with Gasteiger partial charge in [-0.15, -0.1) is 0 Å². The minimum absolute atomic E-state index is 0.0978. The lowest BCUT2D eigenvalue weighted by Gasteiger charge is -2.07. The third kappa shape index (κ3) is 2.74. The van der Waals surface area contributed by atoms with Gasteiger partial charge in [-0.1, -0.05) is 12.1 Å². The van der Waals surface area contributed by atoms with Crippen LogP contribution in [0.2, 0.25) is 5.28 Å². The molecule has 0 amide bonds. The monoisotopic (exact) mass is 258 g/mol. The average molecular weight is 259 g/mol. The molecule has 0 atom stereocenters. The zero-order valence-corrected chi connectivity index (χ0v) is 9.13. The Morgan fingerprint density at radius 3 is 1.88 bits per heavy atom. The van der Waals surface area contributed by atoms with Crippen LogP contribution < -0.4 is 0 Å². The molecule has 0 bridgehead atoms. The first-order chi connectivity index (χ1) is 7.97. The molecule has 0 aliphatic rings. The van der Waals surface area contributed by atoms with Gasteiger partial charge < -0.3 is 0 Å². The first kappa shape index (κ1) is 11.9. The van der Waals surface area contributed by atoms with Crippen LogP contribution in [0.1, 0.15) is 5.56 Å². The van der Waals surface area contributed by atoms with Gasteiger partial charge in [0.1, 0.15) is 0 Å². The molecule has 1 aromatic heterocycles. The molecule has 0 aliphatic heterocycles. The van der Waals surface area contributed by atoms with E-state index in [4.69, 9.17) is 11.6 Å². The highest BCUT2D eigenvalue weighted by Gasteiger charge is 2.29. The minimum Gasteiger partial charge on any atom is -0.226 e. The number of benzene rings is 1. The van der Waals surface area contributed by atoms with Crippen molar-refractivity contribution >= 4 is 11.6 Å². The summed E-state index contributed by atoms with van der Waals surface area (Å²) in [7, 11) is 0. The van der Waals surface area contributed by atoms with E-state index in [0.717, 1.165) is 12.1 Å². The van der Waals surface area contributed by atoms with E-state index in [-0.39, 0.29) is 5.28 Å². The summed E-state index contributed by atoms with van der Waals surface area (Å²) in [4.78, 5) is 7.52. The van der Waals surface area contributed by atoms with Crippen molar-refractivity contribution in [2.45, 2.75) is 6.18 Å². The first-order valence-corrected chi connectivity index (χ1v) is 5.00. The third-order valence-electron chi connectivity index (χ3n) is 2.17. The van der Waals surface area contributed by atoms with Crippen LogP contribution in [0.3, 0.4) is 0 Å². The van der Waals surface area contributed by atoms with Crippen LogP contribution in [0.4, 0.5) is 13.2 Å². The summed E-state index contributed by atoms with van der Waals surface area (Å²) in [6.45, 7) is 0. The van der Waals surface area contributed by atoms with Crippen LogP contribution in [-0.4, -0.2) is 9.97 Å². The number of hydrogen-bond donors (Lipinski definition) is 0. The Balaban J connectivity index is 2.33. The maximum Gasteiger partial charge on any atom is 0.416 e. The van der Waals surface area contributed by atoms with E-state index < -0.39 is 11.7 Å². The largest absolute Gasteiger partial charge is 0.416 e. The van der Waals surface area contributed by atoms with E-state index in [1.54, 1.807) is 0 Å². The lowest BCUT2D eigenvalue weighted by Crippen LogP contribution is -2.04. The number of rotatable bonds is 1. The molecule has 0 aliphatic carbocycles. The summed E-state index contributed by atoms with van der Waals surface area (Å²) >= 11 is 5.51. The van der Waals surface area contributed by atoms with E-state index in [0.29, 0.717) is 11.1 Å². The van der Waals surface area contributed by atoms with E-state index in [1.165, 1.54) is 24.5 Å². The molecule has 88 valence electrons. The highest BCUT2D eigenvalue weighted by atomic mass is 35.5. The predicted octanol–water partition coefficient (Wildman–Crippen LogP) is 3.82. The van der Waals surface area contributed by atoms with Gasteiger partial charge in [0.05, 0.1) is 5.56 Å². The first-order valence-electron chi connectivity index (χ1n) is 4.62. The molecule has 0 spiro atoms. The smallest absolute Gasteiger partial charge is 0.226 e. The Hall–Kier alpha value is -1.62. The zero-order valence-electron chi connectivity index (χ0n) is 8.37. The van der Waals surface area contributed by atoms with Gasteiger partial charge in [0.25, 0.3) is 0 Å². The molecule has 17 heavy (non-hydrogen) atoms. The van der Waals surface area contributed by atoms with E-state index in [1.807, 2.05) is 0 Å². The topological polar surface area (TPSA) is 25.8 Å². The van der Waals surface area contributed by atoms with Crippen molar-refractivity contribution in [3.05, 3.63) is 47.5 Å². The van der Waals surface area contributed by atoms with Crippen molar-refractivity contribution in [2.24, 2.45) is 0 Å². The third-order valence-corrected chi connectivity index (χ3v) is 2.36. The highest BCUT2D eigenvalue weighted by molar-refractivity contribution is 6.28. The summed E-state index contributed by atoms with van der Waals surface area (Å²) < 4.78 is 37.0. The second kappa shape index (κ2) is 4.33. The Morgan fingerprint density at radius 2 is 1.41 bits per heavy atom. The zero-order chi connectivity index (χ0) is 12.5. The molecule has 2 rings (SSSR count). The fourth-order valence-electron chi connectivity index (χ4n) is 1.31. The molecule has 6 heteroatoms. The molecular weight excluding hydrogens is 253 g/mol. The SMILES string of the molecule is FC(F)(F)c1ccc(-c2cnc(Cl)nc2)cc1. The lowest BCUT2D eigenvalue weighted by molar-refractivity contribution is -0.137. The van der Waals surface area contributed by atoms with Crippen LogP contribution in [-0.2, 0) is 6.18 Å². The molecule has 0 saturated carbocycles. The fourth-order valence-corrected chi connectivity index (χ4v) is 1.41. The normalized spacial score (nSPS) is 11.5. The molecule has 0 unspecified atom stereocenters. The second-order valence-electron chi connectivity index (χ2n) is 3.32. The summed E-state index contributed by atoms with van der Waals surface area (Å²) in [6, 6.07) is 4.78. The summed E-state index contributed by atoms with van der Waals surface area (Å²) in [5, 5.41) is 0.0978. The van der Waals surface area contributed by atoms with E-state index in [9.17, 15) is 13.2 Å². The number of aromatic nitrogens is 2. The van der Waals surface area contributed by atoms with Gasteiger partial charge in [0.15, 0.2) is 0 Å². The van der Waals surface area contributed by atoms with E-state index in [2.05, 4.69) is 9.97 Å². The average Bonchev–Trinajstić information content (AvgIpc) is 2.29. The maximum absolute atomic E-state index is 12.3. The standard InChI is InChI=1S/C11H6ClF3N2/c12-10-16-5-8(6-17-10)7-1-3-9(4-2-7)11(13,14)15/h1-6H. The van der Waals surface area contributed by atoms with Crippen LogP contribution >= 0.6 is 11.6 Å². The highest BCUT2D eigenvalue weighted by Crippen LogP contribution is 2.30. The van der Waals surface area contributed by atoms with Crippen molar-refractivity contribution in [2.75, 3.05) is 0 Å². The van der Waals surface area contributed by atoms with Crippen molar-refractivity contribution in [1.82, 2.24) is 9.97 Å². The van der Waals surface area contributed by atoms with Crippen molar-refractivity contribution in [1.29, 1.82) is 0 Å². The fraction of sp³-hybridized carbons (Fsp3) is 0.0909. The quantitative estimate of drug-likeness (QED) is 0.727. The molecule has 0 N–H and O–H groups in total. The van der Waals surface area contributed by atoms with Gasteiger partial charge in [0, 0.05) is 18.0 Å². The van der Waals surface area contributed by atoms with Crippen molar-refractivity contribution in [3.63, 3.8) is 0 Å². The number of halogens is 4. The molecule has 1 aromatic carbocycles. The Bertz CT molecular complexity index is 506. The molecule has 0 fully saturated rings. The van der Waals surface area contributed by atoms with Crippen molar-refractivity contribution in [3.8, 4) is 11.1 Å². The van der Waals surface area contributed by atoms with Gasteiger partial charge in [0.2, 0.25) is 5.28 Å². The van der Waals surface area contributed by atoms with Gasteiger partial charge in [-0.25, -0.2) is 9.97 Å². The van der Waals surface area contributed by atoms with Gasteiger partial charge >= 0.3 is 6.18 Å². The Kier molecular flexibility index (Phi) is 3.02. The molecule has 0 radical (unpaired) electrons. The Labute approximate surface area is 100 Å². The number of hydrogen-bond acceptors (Lipinski definition) is 2. The molecule has 1 heterocycles. The van der Waals surface area contributed by atoms with Gasteiger partial charge in [-0.3, -0.25) is 0 Å². The van der Waals surface area contributed by atoms with E-state index >= 15 is 0 Å². The molecule has 0 saturated heterocycles. The summed E-state index contributed by atoms with van der Waals surface area (Å²) in [5.41, 5.74) is 0.536. The van der Waals surface area contributed by atoms with Crippen LogP contribution in [0.5, 0.6) is 0 Å². The minimum atomic E-state index is -4.32. The van der Waals surface area contributed by atoms with Crippen LogP contribution in [0, 0.1) is 0 Å². The molecular formula is C11H6ClF3N2. The molecule has 2 nitrogen and oxygen atoms in total. The number of alkyl halides is 3. The maximum atomic E-state index is 12.3. The lowest BCUT2D eigenvalue weighted by atomic mass is 10.1. The van der Waals surface area contributed by atoms with Crippen LogP contribution in [0.15, 0.2) is 36.7 Å².